The van der Waals surface area contributed by atoms with Crippen molar-refractivity contribution in [2.75, 3.05) is 15.8 Å². The molecule has 24 heavy (non-hydrogen) atoms. The summed E-state index contributed by atoms with van der Waals surface area (Å²) in [6, 6.07) is 6.49. The van der Waals surface area contributed by atoms with Crippen LogP contribution in [0.1, 0.15) is 31.5 Å². The van der Waals surface area contributed by atoms with Gasteiger partial charge >= 0.3 is 0 Å². The highest BCUT2D eigenvalue weighted by Gasteiger charge is 2.08. The minimum Gasteiger partial charge on any atom is -0.339 e. The van der Waals surface area contributed by atoms with Crippen molar-refractivity contribution < 1.29 is 17.7 Å². The first-order valence-corrected chi connectivity index (χ1v) is 9.23. The van der Waals surface area contributed by atoms with E-state index in [1.165, 1.54) is 0 Å². The van der Waals surface area contributed by atoms with E-state index in [0.29, 0.717) is 42.4 Å². The van der Waals surface area contributed by atoms with E-state index in [1.807, 2.05) is 0 Å². The van der Waals surface area contributed by atoms with Gasteiger partial charge in [0.05, 0.1) is 5.75 Å². The van der Waals surface area contributed by atoms with Crippen LogP contribution < -0.4 is 10.0 Å². The molecule has 0 bridgehead atoms. The summed E-state index contributed by atoms with van der Waals surface area (Å²) in [4.78, 5) is 16.0. The molecule has 1 amide bonds. The number of rotatable bonds is 8. The summed E-state index contributed by atoms with van der Waals surface area (Å²) in [7, 11) is -3.30. The van der Waals surface area contributed by atoms with Crippen LogP contribution in [0.25, 0.3) is 0 Å². The maximum absolute atomic E-state index is 11.9. The standard InChI is InChI=1S/C15H20N4O4S/c1-3-24(21,22)19-13-9-7-12(8-10-13)17-14(20)5-4-6-15-16-11(2)18-23-15/h7-10,19H,3-6H2,1-2H3,(H,17,20). The zero-order valence-electron chi connectivity index (χ0n) is 13.6. The molecular formula is C15H20N4O4S. The normalized spacial score (nSPS) is 11.2. The first-order valence-electron chi connectivity index (χ1n) is 7.57. The van der Waals surface area contributed by atoms with Crippen molar-refractivity contribution in [3.05, 3.63) is 36.0 Å². The van der Waals surface area contributed by atoms with Crippen LogP contribution in [0.3, 0.4) is 0 Å². The van der Waals surface area contributed by atoms with E-state index in [1.54, 1.807) is 38.1 Å². The van der Waals surface area contributed by atoms with Crippen molar-refractivity contribution in [1.82, 2.24) is 10.1 Å². The van der Waals surface area contributed by atoms with E-state index >= 15 is 0 Å². The fourth-order valence-corrected chi connectivity index (χ4v) is 2.58. The van der Waals surface area contributed by atoms with Gasteiger partial charge in [0.25, 0.3) is 0 Å². The van der Waals surface area contributed by atoms with Gasteiger partial charge in [-0.05, 0) is 44.5 Å². The average molecular weight is 352 g/mol. The van der Waals surface area contributed by atoms with E-state index in [0.717, 1.165) is 0 Å². The molecule has 130 valence electrons. The zero-order chi connectivity index (χ0) is 17.6. The van der Waals surface area contributed by atoms with Crippen LogP contribution in [0.15, 0.2) is 28.8 Å². The molecule has 0 atom stereocenters. The van der Waals surface area contributed by atoms with Gasteiger partial charge in [-0.3, -0.25) is 9.52 Å². The Morgan fingerprint density at radius 3 is 2.46 bits per heavy atom. The molecule has 0 saturated heterocycles. The molecule has 1 aromatic carbocycles. The molecule has 8 nitrogen and oxygen atoms in total. The highest BCUT2D eigenvalue weighted by Crippen LogP contribution is 2.15. The second-order valence-electron chi connectivity index (χ2n) is 5.22. The molecule has 1 heterocycles. The van der Waals surface area contributed by atoms with Gasteiger partial charge in [0.2, 0.25) is 21.8 Å². The molecule has 0 saturated carbocycles. The highest BCUT2D eigenvalue weighted by atomic mass is 32.2. The number of carbonyl (C=O) groups excluding carboxylic acids is 1. The Morgan fingerprint density at radius 1 is 1.21 bits per heavy atom. The molecule has 0 aliphatic heterocycles. The van der Waals surface area contributed by atoms with Crippen molar-refractivity contribution >= 4 is 27.3 Å². The number of nitrogens with one attached hydrogen (secondary N) is 2. The number of aryl methyl sites for hydroxylation is 2. The number of anilines is 2. The van der Waals surface area contributed by atoms with E-state index in [-0.39, 0.29) is 11.7 Å². The number of aromatic nitrogens is 2. The molecule has 2 rings (SSSR count). The number of hydrogen-bond acceptors (Lipinski definition) is 6. The summed E-state index contributed by atoms with van der Waals surface area (Å²) in [5.74, 6) is 0.972. The van der Waals surface area contributed by atoms with Crippen molar-refractivity contribution in [2.45, 2.75) is 33.1 Å². The van der Waals surface area contributed by atoms with Crippen molar-refractivity contribution in [3.63, 3.8) is 0 Å². The summed E-state index contributed by atoms with van der Waals surface area (Å²) in [5.41, 5.74) is 1.06. The lowest BCUT2D eigenvalue weighted by Crippen LogP contribution is -2.15. The van der Waals surface area contributed by atoms with Gasteiger partial charge in [-0.15, -0.1) is 0 Å². The zero-order valence-corrected chi connectivity index (χ0v) is 14.4. The van der Waals surface area contributed by atoms with Crippen LogP contribution in [-0.4, -0.2) is 30.2 Å². The monoisotopic (exact) mass is 352 g/mol. The number of carbonyl (C=O) groups is 1. The predicted molar refractivity (Wildman–Crippen MR) is 90.1 cm³/mol. The van der Waals surface area contributed by atoms with Crippen molar-refractivity contribution in [3.8, 4) is 0 Å². The van der Waals surface area contributed by atoms with E-state index in [2.05, 4.69) is 20.2 Å². The maximum atomic E-state index is 11.9. The van der Waals surface area contributed by atoms with Gasteiger partial charge < -0.3 is 9.84 Å². The molecule has 0 aliphatic carbocycles. The van der Waals surface area contributed by atoms with Crippen LogP contribution in [0.5, 0.6) is 0 Å². The van der Waals surface area contributed by atoms with Gasteiger partial charge in [0.15, 0.2) is 5.82 Å². The molecule has 1 aromatic heterocycles. The Balaban J connectivity index is 1.79. The van der Waals surface area contributed by atoms with Crippen LogP contribution in [0.4, 0.5) is 11.4 Å². The number of sulfonamides is 1. The molecule has 0 spiro atoms. The predicted octanol–water partition coefficient (Wildman–Crippen LogP) is 2.10. The minimum atomic E-state index is -3.30. The van der Waals surface area contributed by atoms with Crippen molar-refractivity contribution in [2.24, 2.45) is 0 Å². The highest BCUT2D eigenvalue weighted by molar-refractivity contribution is 7.92. The summed E-state index contributed by atoms with van der Waals surface area (Å²) in [6.45, 7) is 3.30. The third kappa shape index (κ3) is 5.65. The largest absolute Gasteiger partial charge is 0.339 e. The lowest BCUT2D eigenvalue weighted by molar-refractivity contribution is -0.116. The first-order chi connectivity index (χ1) is 11.4. The summed E-state index contributed by atoms with van der Waals surface area (Å²) < 4.78 is 30.4. The molecular weight excluding hydrogens is 332 g/mol. The number of nitrogens with zero attached hydrogens (tertiary/aromatic N) is 2. The SMILES string of the molecule is CCS(=O)(=O)Nc1ccc(NC(=O)CCCc2nc(C)no2)cc1. The second kappa shape index (κ2) is 7.91. The van der Waals surface area contributed by atoms with Crippen molar-refractivity contribution in [1.29, 1.82) is 0 Å². The minimum absolute atomic E-state index is 0.00502. The first kappa shape index (κ1) is 17.9. The molecule has 0 radical (unpaired) electrons. The lowest BCUT2D eigenvalue weighted by atomic mass is 10.2. The Bertz CT molecular complexity index is 784. The number of benzene rings is 1. The summed E-state index contributed by atoms with van der Waals surface area (Å²) >= 11 is 0. The van der Waals surface area contributed by atoms with Gasteiger partial charge in [-0.25, -0.2) is 8.42 Å². The van der Waals surface area contributed by atoms with E-state index in [4.69, 9.17) is 4.52 Å². The molecule has 0 fully saturated rings. The lowest BCUT2D eigenvalue weighted by Gasteiger charge is -2.08. The van der Waals surface area contributed by atoms with Gasteiger partial charge in [-0.1, -0.05) is 5.16 Å². The summed E-state index contributed by atoms with van der Waals surface area (Å²) in [5, 5.41) is 6.44. The van der Waals surface area contributed by atoms with Gasteiger partial charge in [0, 0.05) is 24.2 Å². The molecule has 2 N–H and O–H groups in total. The van der Waals surface area contributed by atoms with Crippen LogP contribution in [0, 0.1) is 6.92 Å². The molecule has 2 aromatic rings. The van der Waals surface area contributed by atoms with Gasteiger partial charge in [0.1, 0.15) is 0 Å². The Kier molecular flexibility index (Phi) is 5.91. The van der Waals surface area contributed by atoms with Crippen LogP contribution in [0.2, 0.25) is 0 Å². The Hall–Kier alpha value is -2.42. The van der Waals surface area contributed by atoms with Crippen LogP contribution in [-0.2, 0) is 21.2 Å². The second-order valence-corrected chi connectivity index (χ2v) is 7.23. The Labute approximate surface area is 140 Å². The number of hydrogen-bond donors (Lipinski definition) is 2. The molecule has 0 aliphatic rings. The van der Waals surface area contributed by atoms with E-state index in [9.17, 15) is 13.2 Å². The molecule has 9 heteroatoms. The quantitative estimate of drug-likeness (QED) is 0.752. The van der Waals surface area contributed by atoms with Crippen LogP contribution >= 0.6 is 0 Å². The smallest absolute Gasteiger partial charge is 0.232 e. The summed E-state index contributed by atoms with van der Waals surface area (Å²) in [6.07, 6.45) is 1.47. The van der Waals surface area contributed by atoms with E-state index < -0.39 is 10.0 Å². The fourth-order valence-electron chi connectivity index (χ4n) is 1.94. The fraction of sp³-hybridized carbons (Fsp3) is 0.400. The number of amides is 1. The topological polar surface area (TPSA) is 114 Å². The molecule has 0 unspecified atom stereocenters. The third-order valence-corrected chi connectivity index (χ3v) is 4.49. The maximum Gasteiger partial charge on any atom is 0.232 e. The Morgan fingerprint density at radius 2 is 1.88 bits per heavy atom. The third-order valence-electron chi connectivity index (χ3n) is 3.19. The average Bonchev–Trinajstić information content (AvgIpc) is 2.94. The van der Waals surface area contributed by atoms with Gasteiger partial charge in [-0.2, -0.15) is 4.98 Å².